The average molecular weight is 313 g/mol. The van der Waals surface area contributed by atoms with Crippen molar-refractivity contribution in [2.45, 2.75) is 6.92 Å². The van der Waals surface area contributed by atoms with Crippen LogP contribution < -0.4 is 10.2 Å². The molecular formula is C17H23N5O. The third-order valence-electron chi connectivity index (χ3n) is 4.25. The number of carbonyl (C=O) groups is 1. The molecule has 2 aromatic rings. The molecule has 1 aromatic heterocycles. The number of aromatic nitrogens is 2. The number of nitrogens with zero attached hydrogens (tertiary/aromatic N) is 4. The number of hydrogen-bond acceptors (Lipinski definition) is 4. The normalized spacial score (nSPS) is 15.7. The van der Waals surface area contributed by atoms with Gasteiger partial charge < -0.3 is 15.1 Å². The molecule has 1 aliphatic heterocycles. The number of nitrogens with one attached hydrogen (secondary N) is 1. The summed E-state index contributed by atoms with van der Waals surface area (Å²) in [5.74, 6) is -0.122. The number of piperazine rings is 1. The van der Waals surface area contributed by atoms with Gasteiger partial charge in [0.05, 0.1) is 11.3 Å². The Morgan fingerprint density at radius 1 is 1.09 bits per heavy atom. The molecule has 2 heterocycles. The van der Waals surface area contributed by atoms with E-state index in [-0.39, 0.29) is 5.91 Å². The van der Waals surface area contributed by atoms with Crippen molar-refractivity contribution in [1.29, 1.82) is 0 Å². The standard InChI is InChI=1S/C17H23N5O/c1-13-16(12-21(3)19-13)17(23)18-14-4-6-15(7-5-14)22-10-8-20(2)9-11-22/h4-7,12H,8-11H2,1-3H3,(H,18,23). The Morgan fingerprint density at radius 2 is 1.74 bits per heavy atom. The Morgan fingerprint density at radius 3 is 2.30 bits per heavy atom. The first-order chi connectivity index (χ1) is 11.0. The molecule has 0 spiro atoms. The van der Waals surface area contributed by atoms with Crippen molar-refractivity contribution in [3.8, 4) is 0 Å². The lowest BCUT2D eigenvalue weighted by atomic mass is 10.2. The van der Waals surface area contributed by atoms with Gasteiger partial charge in [0, 0.05) is 50.8 Å². The van der Waals surface area contributed by atoms with Gasteiger partial charge in [0.15, 0.2) is 0 Å². The largest absolute Gasteiger partial charge is 0.369 e. The summed E-state index contributed by atoms with van der Waals surface area (Å²) in [4.78, 5) is 17.0. The number of aryl methyl sites for hydroxylation is 2. The number of anilines is 2. The number of likely N-dealkylation sites (N-methyl/N-ethyl adjacent to an activating group) is 1. The molecule has 0 radical (unpaired) electrons. The fourth-order valence-corrected chi connectivity index (χ4v) is 2.84. The predicted molar refractivity (Wildman–Crippen MR) is 92.1 cm³/mol. The van der Waals surface area contributed by atoms with Crippen LogP contribution in [0.4, 0.5) is 11.4 Å². The minimum atomic E-state index is -0.122. The molecule has 122 valence electrons. The van der Waals surface area contributed by atoms with Gasteiger partial charge in [-0.3, -0.25) is 9.48 Å². The highest BCUT2D eigenvalue weighted by atomic mass is 16.1. The smallest absolute Gasteiger partial charge is 0.259 e. The zero-order chi connectivity index (χ0) is 16.4. The van der Waals surface area contributed by atoms with Gasteiger partial charge >= 0.3 is 0 Å². The van der Waals surface area contributed by atoms with E-state index < -0.39 is 0 Å². The third kappa shape index (κ3) is 3.53. The number of benzene rings is 1. The van der Waals surface area contributed by atoms with Crippen molar-refractivity contribution in [1.82, 2.24) is 14.7 Å². The van der Waals surface area contributed by atoms with Gasteiger partial charge in [-0.1, -0.05) is 0 Å². The minimum absolute atomic E-state index is 0.122. The maximum atomic E-state index is 12.3. The molecule has 1 aliphatic rings. The van der Waals surface area contributed by atoms with Crippen molar-refractivity contribution < 1.29 is 4.79 Å². The van der Waals surface area contributed by atoms with Gasteiger partial charge in [-0.25, -0.2) is 0 Å². The molecule has 0 bridgehead atoms. The summed E-state index contributed by atoms with van der Waals surface area (Å²) < 4.78 is 1.65. The zero-order valence-electron chi connectivity index (χ0n) is 13.9. The molecule has 0 atom stereocenters. The SMILES string of the molecule is Cc1nn(C)cc1C(=O)Nc1ccc(N2CCN(C)CC2)cc1. The maximum absolute atomic E-state index is 12.3. The van der Waals surface area contributed by atoms with Crippen LogP contribution in [0.1, 0.15) is 16.1 Å². The monoisotopic (exact) mass is 313 g/mol. The van der Waals surface area contributed by atoms with Gasteiger partial charge in [-0.15, -0.1) is 0 Å². The van der Waals surface area contributed by atoms with E-state index in [1.807, 2.05) is 26.1 Å². The van der Waals surface area contributed by atoms with Crippen molar-refractivity contribution in [2.75, 3.05) is 43.4 Å². The summed E-state index contributed by atoms with van der Waals surface area (Å²) in [7, 11) is 3.96. The highest BCUT2D eigenvalue weighted by molar-refractivity contribution is 6.04. The molecule has 23 heavy (non-hydrogen) atoms. The molecule has 0 unspecified atom stereocenters. The summed E-state index contributed by atoms with van der Waals surface area (Å²) in [5, 5.41) is 7.13. The highest BCUT2D eigenvalue weighted by Crippen LogP contribution is 2.20. The van der Waals surface area contributed by atoms with Crippen LogP contribution in [0.15, 0.2) is 30.5 Å². The molecular weight excluding hydrogens is 290 g/mol. The lowest BCUT2D eigenvalue weighted by Gasteiger charge is -2.34. The summed E-state index contributed by atoms with van der Waals surface area (Å²) >= 11 is 0. The van der Waals surface area contributed by atoms with Crippen LogP contribution in [0.3, 0.4) is 0 Å². The summed E-state index contributed by atoms with van der Waals surface area (Å²) in [6, 6.07) is 8.04. The predicted octanol–water partition coefficient (Wildman–Crippen LogP) is 1.73. The van der Waals surface area contributed by atoms with Crippen molar-refractivity contribution in [3.63, 3.8) is 0 Å². The number of carbonyl (C=O) groups excluding carboxylic acids is 1. The molecule has 6 nitrogen and oxygen atoms in total. The number of hydrogen-bond donors (Lipinski definition) is 1. The second-order valence-corrected chi connectivity index (χ2v) is 6.09. The number of amides is 1. The van der Waals surface area contributed by atoms with E-state index in [9.17, 15) is 4.79 Å². The Kier molecular flexibility index (Phi) is 4.34. The Balaban J connectivity index is 1.65. The molecule has 1 N–H and O–H groups in total. The Bertz CT molecular complexity index is 684. The van der Waals surface area contributed by atoms with Crippen molar-refractivity contribution >= 4 is 17.3 Å². The molecule has 1 aromatic carbocycles. The molecule has 1 saturated heterocycles. The minimum Gasteiger partial charge on any atom is -0.369 e. The Labute approximate surface area is 136 Å². The van der Waals surface area contributed by atoms with E-state index in [2.05, 4.69) is 39.4 Å². The van der Waals surface area contributed by atoms with Crippen LogP contribution in [0, 0.1) is 6.92 Å². The quantitative estimate of drug-likeness (QED) is 0.938. The van der Waals surface area contributed by atoms with E-state index in [0.29, 0.717) is 5.56 Å². The fourth-order valence-electron chi connectivity index (χ4n) is 2.84. The van der Waals surface area contributed by atoms with E-state index in [1.165, 1.54) is 5.69 Å². The third-order valence-corrected chi connectivity index (χ3v) is 4.25. The van der Waals surface area contributed by atoms with Crippen LogP contribution in [0.2, 0.25) is 0 Å². The number of rotatable bonds is 3. The average Bonchev–Trinajstić information content (AvgIpc) is 2.88. The first kappa shape index (κ1) is 15.6. The molecule has 1 fully saturated rings. The fraction of sp³-hybridized carbons (Fsp3) is 0.412. The van der Waals surface area contributed by atoms with Crippen LogP contribution in [-0.2, 0) is 7.05 Å². The van der Waals surface area contributed by atoms with E-state index in [4.69, 9.17) is 0 Å². The molecule has 0 saturated carbocycles. The van der Waals surface area contributed by atoms with Gasteiger partial charge in [0.25, 0.3) is 5.91 Å². The van der Waals surface area contributed by atoms with Crippen LogP contribution >= 0.6 is 0 Å². The first-order valence-electron chi connectivity index (χ1n) is 7.88. The highest BCUT2D eigenvalue weighted by Gasteiger charge is 2.15. The van der Waals surface area contributed by atoms with Gasteiger partial charge in [0.2, 0.25) is 0 Å². The van der Waals surface area contributed by atoms with E-state index in [0.717, 1.165) is 37.6 Å². The van der Waals surface area contributed by atoms with Crippen LogP contribution in [0.25, 0.3) is 0 Å². The second-order valence-electron chi connectivity index (χ2n) is 6.09. The van der Waals surface area contributed by atoms with E-state index in [1.54, 1.807) is 10.9 Å². The van der Waals surface area contributed by atoms with Crippen LogP contribution in [0.5, 0.6) is 0 Å². The summed E-state index contributed by atoms with van der Waals surface area (Å²) in [6.07, 6.45) is 1.74. The molecule has 0 aliphatic carbocycles. The van der Waals surface area contributed by atoms with Gasteiger partial charge in [0.1, 0.15) is 0 Å². The summed E-state index contributed by atoms with van der Waals surface area (Å²) in [6.45, 7) is 6.08. The van der Waals surface area contributed by atoms with Crippen molar-refractivity contribution in [3.05, 3.63) is 41.7 Å². The lowest BCUT2D eigenvalue weighted by Crippen LogP contribution is -2.44. The van der Waals surface area contributed by atoms with Crippen molar-refractivity contribution in [2.24, 2.45) is 7.05 Å². The topological polar surface area (TPSA) is 53.4 Å². The van der Waals surface area contributed by atoms with Gasteiger partial charge in [-0.2, -0.15) is 5.10 Å². The summed E-state index contributed by atoms with van der Waals surface area (Å²) in [5.41, 5.74) is 3.35. The molecule has 6 heteroatoms. The van der Waals surface area contributed by atoms with Gasteiger partial charge in [-0.05, 0) is 38.2 Å². The second kappa shape index (κ2) is 6.42. The Hall–Kier alpha value is -2.34. The van der Waals surface area contributed by atoms with Crippen LogP contribution in [-0.4, -0.2) is 53.8 Å². The van der Waals surface area contributed by atoms with E-state index >= 15 is 0 Å². The maximum Gasteiger partial charge on any atom is 0.259 e. The molecule has 3 rings (SSSR count). The first-order valence-corrected chi connectivity index (χ1v) is 7.88. The lowest BCUT2D eigenvalue weighted by molar-refractivity contribution is 0.102. The molecule has 1 amide bonds. The zero-order valence-corrected chi connectivity index (χ0v) is 13.9.